The Labute approximate surface area is 177 Å². The smallest absolute Gasteiger partial charge is 0.169 e. The molecule has 0 aromatic carbocycles. The van der Waals surface area contributed by atoms with Gasteiger partial charge in [0.25, 0.3) is 0 Å². The highest BCUT2D eigenvalue weighted by atomic mass is 14.9. The Bertz CT molecular complexity index is 434. The third-order valence-corrected chi connectivity index (χ3v) is 6.10. The van der Waals surface area contributed by atoms with E-state index in [-0.39, 0.29) is 0 Å². The van der Waals surface area contributed by atoms with E-state index in [9.17, 15) is 0 Å². The second-order valence-corrected chi connectivity index (χ2v) is 9.18. The lowest BCUT2D eigenvalue weighted by atomic mass is 10.0. The van der Waals surface area contributed by atoms with E-state index in [2.05, 4.69) is 49.9 Å². The number of pyridine rings is 1. The van der Waals surface area contributed by atoms with Gasteiger partial charge in [-0.15, -0.1) is 0 Å². The molecule has 0 aliphatic heterocycles. The molecule has 0 aliphatic rings. The first-order valence-corrected chi connectivity index (χ1v) is 12.7. The highest BCUT2D eigenvalue weighted by molar-refractivity contribution is 5.11. The topological polar surface area (TPSA) is 3.88 Å². The molecule has 0 unspecified atom stereocenters. The first-order valence-electron chi connectivity index (χ1n) is 12.7. The first kappa shape index (κ1) is 25.2. The van der Waals surface area contributed by atoms with Crippen LogP contribution in [0, 0.1) is 0 Å². The molecule has 1 aromatic rings. The van der Waals surface area contributed by atoms with Gasteiger partial charge in [-0.1, -0.05) is 117 Å². The molecule has 0 fully saturated rings. The summed E-state index contributed by atoms with van der Waals surface area (Å²) in [7, 11) is 0. The van der Waals surface area contributed by atoms with Crippen LogP contribution in [0.4, 0.5) is 0 Å². The third kappa shape index (κ3) is 14.2. The number of hydrogen-bond donors (Lipinski definition) is 0. The Morgan fingerprint density at radius 1 is 0.571 bits per heavy atom. The maximum Gasteiger partial charge on any atom is 0.169 e. The Kier molecular flexibility index (Phi) is 16.4. The van der Waals surface area contributed by atoms with Crippen LogP contribution in [0.2, 0.25) is 0 Å². The highest BCUT2D eigenvalue weighted by Gasteiger charge is 2.03. The van der Waals surface area contributed by atoms with Gasteiger partial charge < -0.3 is 0 Å². The van der Waals surface area contributed by atoms with Crippen LogP contribution in [0.3, 0.4) is 0 Å². The maximum absolute atomic E-state index is 2.34. The highest BCUT2D eigenvalue weighted by Crippen LogP contribution is 2.14. The molecule has 0 N–H and O–H groups in total. The van der Waals surface area contributed by atoms with Crippen molar-refractivity contribution < 1.29 is 4.57 Å². The Balaban J connectivity index is 1.78. The molecular weight excluding hydrogens is 338 g/mol. The van der Waals surface area contributed by atoms with Gasteiger partial charge in [0, 0.05) is 18.6 Å². The van der Waals surface area contributed by atoms with Crippen molar-refractivity contribution in [1.82, 2.24) is 0 Å². The minimum atomic E-state index is 0.634. The van der Waals surface area contributed by atoms with Gasteiger partial charge in [0.1, 0.15) is 6.54 Å². The van der Waals surface area contributed by atoms with Crippen LogP contribution >= 0.6 is 0 Å². The fraction of sp³-hybridized carbons (Fsp3) is 0.815. The molecule has 1 nitrogen and oxygen atoms in total. The molecule has 1 heteroatoms. The molecule has 0 saturated carbocycles. The van der Waals surface area contributed by atoms with Crippen LogP contribution in [0.15, 0.2) is 24.5 Å². The summed E-state index contributed by atoms with van der Waals surface area (Å²) >= 11 is 0. The molecule has 1 heterocycles. The van der Waals surface area contributed by atoms with Crippen molar-refractivity contribution in [2.45, 2.75) is 142 Å². The van der Waals surface area contributed by atoms with E-state index < -0.39 is 0 Å². The van der Waals surface area contributed by atoms with E-state index in [1.54, 1.807) is 0 Å². The SMILES string of the molecule is CCCCCCCCCCCCCCCCCCC[n+]1ccc(C(C)C)cc1. The van der Waals surface area contributed by atoms with Gasteiger partial charge in [-0.25, -0.2) is 4.57 Å². The second-order valence-electron chi connectivity index (χ2n) is 9.18. The molecule has 0 radical (unpaired) electrons. The summed E-state index contributed by atoms with van der Waals surface area (Å²) in [4.78, 5) is 0. The molecular formula is C27H50N+. The second kappa shape index (κ2) is 18.2. The average molecular weight is 389 g/mol. The van der Waals surface area contributed by atoms with Gasteiger partial charge in [-0.3, -0.25) is 0 Å². The van der Waals surface area contributed by atoms with Crippen molar-refractivity contribution in [2.24, 2.45) is 0 Å². The number of hydrogen-bond acceptors (Lipinski definition) is 0. The van der Waals surface area contributed by atoms with E-state index in [1.165, 1.54) is 121 Å². The van der Waals surface area contributed by atoms with Crippen LogP contribution in [-0.4, -0.2) is 0 Å². The molecule has 0 aliphatic carbocycles. The fourth-order valence-electron chi connectivity index (χ4n) is 4.02. The van der Waals surface area contributed by atoms with Crippen molar-refractivity contribution in [3.05, 3.63) is 30.1 Å². The average Bonchev–Trinajstić information content (AvgIpc) is 2.70. The van der Waals surface area contributed by atoms with Crippen LogP contribution in [0.25, 0.3) is 0 Å². The normalized spacial score (nSPS) is 11.4. The minimum absolute atomic E-state index is 0.634. The predicted octanol–water partition coefficient (Wildman–Crippen LogP) is 8.75. The van der Waals surface area contributed by atoms with Crippen molar-refractivity contribution in [1.29, 1.82) is 0 Å². The number of aromatic nitrogens is 1. The quantitative estimate of drug-likeness (QED) is 0.165. The van der Waals surface area contributed by atoms with E-state index in [4.69, 9.17) is 0 Å². The standard InChI is InChI=1S/C27H50N/c1-4-5-6-7-8-9-10-11-12-13-14-15-16-17-18-19-20-23-28-24-21-27(22-25-28)26(2)3/h21-22,24-26H,4-20,23H2,1-3H3/q+1. The van der Waals surface area contributed by atoms with Gasteiger partial charge >= 0.3 is 0 Å². The van der Waals surface area contributed by atoms with E-state index in [0.29, 0.717) is 5.92 Å². The summed E-state index contributed by atoms with van der Waals surface area (Å²) in [5, 5.41) is 0. The lowest BCUT2D eigenvalue weighted by Gasteiger charge is -2.04. The number of aryl methyl sites for hydroxylation is 1. The summed E-state index contributed by atoms with van der Waals surface area (Å²) in [6, 6.07) is 4.55. The van der Waals surface area contributed by atoms with Gasteiger partial charge in [0.2, 0.25) is 0 Å². The third-order valence-electron chi connectivity index (χ3n) is 6.10. The minimum Gasteiger partial charge on any atom is -0.205 e. The molecule has 1 rings (SSSR count). The summed E-state index contributed by atoms with van der Waals surface area (Å²) < 4.78 is 2.34. The van der Waals surface area contributed by atoms with E-state index >= 15 is 0 Å². The van der Waals surface area contributed by atoms with Crippen LogP contribution in [-0.2, 0) is 6.54 Å². The zero-order chi connectivity index (χ0) is 20.3. The van der Waals surface area contributed by atoms with E-state index in [0.717, 1.165) is 0 Å². The van der Waals surface area contributed by atoms with Gasteiger partial charge in [0.05, 0.1) is 0 Å². The molecule has 0 amide bonds. The predicted molar refractivity (Wildman–Crippen MR) is 125 cm³/mol. The Hall–Kier alpha value is -0.850. The molecule has 162 valence electrons. The Morgan fingerprint density at radius 2 is 0.929 bits per heavy atom. The number of unbranched alkanes of at least 4 members (excludes halogenated alkanes) is 16. The van der Waals surface area contributed by atoms with Crippen molar-refractivity contribution >= 4 is 0 Å². The molecule has 28 heavy (non-hydrogen) atoms. The van der Waals surface area contributed by atoms with Gasteiger partial charge in [-0.05, 0) is 17.9 Å². The largest absolute Gasteiger partial charge is 0.205 e. The molecule has 0 spiro atoms. The van der Waals surface area contributed by atoms with Crippen LogP contribution in [0.1, 0.15) is 141 Å². The van der Waals surface area contributed by atoms with Crippen molar-refractivity contribution in [2.75, 3.05) is 0 Å². The molecule has 1 aromatic heterocycles. The van der Waals surface area contributed by atoms with Gasteiger partial charge in [0.15, 0.2) is 12.4 Å². The molecule has 0 saturated heterocycles. The monoisotopic (exact) mass is 388 g/mol. The number of nitrogens with zero attached hydrogens (tertiary/aromatic N) is 1. The molecule has 0 atom stereocenters. The van der Waals surface area contributed by atoms with Gasteiger partial charge in [-0.2, -0.15) is 0 Å². The fourth-order valence-corrected chi connectivity index (χ4v) is 4.02. The summed E-state index contributed by atoms with van der Waals surface area (Å²) in [5.74, 6) is 0.634. The maximum atomic E-state index is 2.34. The van der Waals surface area contributed by atoms with E-state index in [1.807, 2.05) is 0 Å². The summed E-state index contributed by atoms with van der Waals surface area (Å²) in [6.45, 7) is 8.00. The zero-order valence-electron chi connectivity index (χ0n) is 19.6. The molecule has 0 bridgehead atoms. The Morgan fingerprint density at radius 3 is 1.29 bits per heavy atom. The zero-order valence-corrected chi connectivity index (χ0v) is 19.6. The lowest BCUT2D eigenvalue weighted by Crippen LogP contribution is -2.32. The van der Waals surface area contributed by atoms with Crippen LogP contribution < -0.4 is 4.57 Å². The first-order chi connectivity index (χ1) is 13.7. The van der Waals surface area contributed by atoms with Crippen LogP contribution in [0.5, 0.6) is 0 Å². The van der Waals surface area contributed by atoms with Crippen molar-refractivity contribution in [3.63, 3.8) is 0 Å². The van der Waals surface area contributed by atoms with Crippen molar-refractivity contribution in [3.8, 4) is 0 Å². The lowest BCUT2D eigenvalue weighted by molar-refractivity contribution is -0.697. The summed E-state index contributed by atoms with van der Waals surface area (Å²) in [6.07, 6.45) is 29.0. The summed E-state index contributed by atoms with van der Waals surface area (Å²) in [5.41, 5.74) is 1.44. The number of rotatable bonds is 19.